The highest BCUT2D eigenvalue weighted by Gasteiger charge is 2.36. The van der Waals surface area contributed by atoms with E-state index in [1.165, 1.54) is 4.90 Å². The van der Waals surface area contributed by atoms with Gasteiger partial charge < -0.3 is 10.2 Å². The number of hydrogen-bond acceptors (Lipinski definition) is 2. The SMILES string of the molecule is [2H]C([2H])(c1ccccc1)[C@@H](C(=O)NC(C)(C)C)N(C(=O)c1ccccc1)[C@H](C)c1ccccc1. The summed E-state index contributed by atoms with van der Waals surface area (Å²) in [5.41, 5.74) is 0.918. The third-order valence-corrected chi connectivity index (χ3v) is 5.06. The van der Waals surface area contributed by atoms with Crippen LogP contribution in [-0.2, 0) is 11.2 Å². The van der Waals surface area contributed by atoms with Crippen LogP contribution in [0.5, 0.6) is 0 Å². The van der Waals surface area contributed by atoms with E-state index in [-0.39, 0.29) is 0 Å². The monoisotopic (exact) mass is 430 g/mol. The topological polar surface area (TPSA) is 49.4 Å². The quantitative estimate of drug-likeness (QED) is 0.544. The summed E-state index contributed by atoms with van der Waals surface area (Å²) in [5.74, 6) is -0.959. The first-order chi connectivity index (χ1) is 16.0. The van der Waals surface area contributed by atoms with Gasteiger partial charge in [0.2, 0.25) is 5.91 Å². The summed E-state index contributed by atoms with van der Waals surface area (Å²) in [7, 11) is 0. The molecule has 3 aromatic rings. The first-order valence-electron chi connectivity index (χ1n) is 11.8. The third kappa shape index (κ3) is 6.07. The summed E-state index contributed by atoms with van der Waals surface area (Å²) in [6, 6.07) is 24.7. The average molecular weight is 431 g/mol. The molecule has 166 valence electrons. The Morgan fingerprint density at radius 1 is 0.875 bits per heavy atom. The number of benzene rings is 3. The first-order valence-corrected chi connectivity index (χ1v) is 10.8. The Kier molecular flexibility index (Phi) is 6.58. The van der Waals surface area contributed by atoms with Crippen LogP contribution in [0.15, 0.2) is 91.0 Å². The Bertz CT molecular complexity index is 1100. The van der Waals surface area contributed by atoms with Crippen LogP contribution >= 0.6 is 0 Å². The fraction of sp³-hybridized carbons (Fsp3) is 0.286. The van der Waals surface area contributed by atoms with Crippen molar-refractivity contribution in [1.29, 1.82) is 0 Å². The second kappa shape index (κ2) is 10.3. The highest BCUT2D eigenvalue weighted by molar-refractivity contribution is 5.98. The molecule has 0 unspecified atom stereocenters. The van der Waals surface area contributed by atoms with Gasteiger partial charge in [0.05, 0.1) is 6.04 Å². The molecular formula is C28H32N2O2. The van der Waals surface area contributed by atoms with Gasteiger partial charge in [-0.2, -0.15) is 0 Å². The van der Waals surface area contributed by atoms with Crippen LogP contribution in [0.3, 0.4) is 0 Å². The van der Waals surface area contributed by atoms with Crippen LogP contribution in [-0.4, -0.2) is 28.3 Å². The van der Waals surface area contributed by atoms with Gasteiger partial charge in [0.1, 0.15) is 6.04 Å². The zero-order valence-corrected chi connectivity index (χ0v) is 19.1. The van der Waals surface area contributed by atoms with Gasteiger partial charge in [0, 0.05) is 20.2 Å². The van der Waals surface area contributed by atoms with Gasteiger partial charge in [-0.25, -0.2) is 0 Å². The Balaban J connectivity index is 2.21. The Morgan fingerprint density at radius 2 is 1.38 bits per heavy atom. The zero-order chi connectivity index (χ0) is 24.9. The molecule has 0 saturated carbocycles. The minimum atomic E-state index is -2.16. The number of hydrogen-bond donors (Lipinski definition) is 1. The number of nitrogens with zero attached hydrogens (tertiary/aromatic N) is 1. The lowest BCUT2D eigenvalue weighted by atomic mass is 9.97. The molecule has 3 rings (SSSR count). The van der Waals surface area contributed by atoms with Crippen molar-refractivity contribution in [2.45, 2.75) is 51.7 Å². The van der Waals surface area contributed by atoms with E-state index >= 15 is 0 Å². The first kappa shape index (κ1) is 20.5. The molecule has 4 nitrogen and oxygen atoms in total. The van der Waals surface area contributed by atoms with E-state index in [2.05, 4.69) is 5.32 Å². The molecule has 0 saturated heterocycles. The molecule has 0 aromatic heterocycles. The summed E-state index contributed by atoms with van der Waals surface area (Å²) in [4.78, 5) is 29.1. The maximum Gasteiger partial charge on any atom is 0.255 e. The number of amides is 2. The predicted octanol–water partition coefficient (Wildman–Crippen LogP) is 5.42. The Labute approximate surface area is 194 Å². The van der Waals surface area contributed by atoms with Crippen molar-refractivity contribution in [2.75, 3.05) is 0 Å². The lowest BCUT2D eigenvalue weighted by Crippen LogP contribution is -2.55. The van der Waals surface area contributed by atoms with Gasteiger partial charge in [-0.05, 0) is 51.0 Å². The van der Waals surface area contributed by atoms with Crippen LogP contribution in [0.25, 0.3) is 0 Å². The molecule has 2 amide bonds. The summed E-state index contributed by atoms with van der Waals surface area (Å²) in [5, 5.41) is 2.92. The van der Waals surface area contributed by atoms with Gasteiger partial charge in [0.25, 0.3) is 5.91 Å². The number of nitrogens with one attached hydrogen (secondary N) is 1. The second-order valence-corrected chi connectivity index (χ2v) is 8.82. The van der Waals surface area contributed by atoms with Gasteiger partial charge in [0.15, 0.2) is 0 Å². The molecule has 4 heteroatoms. The minimum Gasteiger partial charge on any atom is -0.350 e. The van der Waals surface area contributed by atoms with Gasteiger partial charge in [-0.3, -0.25) is 9.59 Å². The second-order valence-electron chi connectivity index (χ2n) is 8.82. The van der Waals surface area contributed by atoms with E-state index in [0.717, 1.165) is 5.56 Å². The molecule has 0 aliphatic heterocycles. The van der Waals surface area contributed by atoms with E-state index < -0.39 is 35.8 Å². The van der Waals surface area contributed by atoms with Gasteiger partial charge in [-0.1, -0.05) is 78.9 Å². The fourth-order valence-electron chi connectivity index (χ4n) is 3.53. The highest BCUT2D eigenvalue weighted by Crippen LogP contribution is 2.27. The molecule has 0 fully saturated rings. The standard InChI is InChI=1S/C28H32N2O2/c1-21(23-16-10-6-11-17-23)30(27(32)24-18-12-7-13-19-24)25(26(31)29-28(2,3)4)20-22-14-8-5-9-15-22/h5-19,21,25H,20H2,1-4H3,(H,29,31)/t21-,25+/m1/s1/i20D2. The zero-order valence-electron chi connectivity index (χ0n) is 21.1. The maximum atomic E-state index is 13.9. The van der Waals surface area contributed by atoms with Crippen LogP contribution < -0.4 is 5.32 Å². The normalized spacial score (nSPS) is 14.5. The molecule has 0 aliphatic rings. The fourth-order valence-corrected chi connectivity index (χ4v) is 3.53. The smallest absolute Gasteiger partial charge is 0.255 e. The molecule has 32 heavy (non-hydrogen) atoms. The number of carbonyl (C=O) groups excluding carboxylic acids is 2. The molecule has 3 aromatic carbocycles. The van der Waals surface area contributed by atoms with Crippen molar-refractivity contribution < 1.29 is 12.3 Å². The van der Waals surface area contributed by atoms with Crippen molar-refractivity contribution in [1.82, 2.24) is 10.2 Å². The predicted molar refractivity (Wildman–Crippen MR) is 129 cm³/mol. The Morgan fingerprint density at radius 3 is 1.91 bits per heavy atom. The van der Waals surface area contributed by atoms with E-state index in [4.69, 9.17) is 2.74 Å². The maximum absolute atomic E-state index is 13.9. The molecular weight excluding hydrogens is 396 g/mol. The third-order valence-electron chi connectivity index (χ3n) is 5.06. The van der Waals surface area contributed by atoms with Crippen molar-refractivity contribution in [3.63, 3.8) is 0 Å². The summed E-state index contributed by atoms with van der Waals surface area (Å²) >= 11 is 0. The number of rotatable bonds is 7. The largest absolute Gasteiger partial charge is 0.350 e. The van der Waals surface area contributed by atoms with E-state index in [1.54, 1.807) is 54.6 Å². The minimum absolute atomic E-state index is 0.329. The van der Waals surface area contributed by atoms with Crippen molar-refractivity contribution in [3.05, 3.63) is 108 Å². The average Bonchev–Trinajstić information content (AvgIpc) is 2.82. The molecule has 0 spiro atoms. The highest BCUT2D eigenvalue weighted by atomic mass is 16.2. The molecule has 0 bridgehead atoms. The van der Waals surface area contributed by atoms with E-state index in [9.17, 15) is 9.59 Å². The van der Waals surface area contributed by atoms with Crippen LogP contribution in [0, 0.1) is 0 Å². The molecule has 0 heterocycles. The van der Waals surface area contributed by atoms with E-state index in [0.29, 0.717) is 11.1 Å². The Hall–Kier alpha value is -3.40. The van der Waals surface area contributed by atoms with Crippen molar-refractivity contribution >= 4 is 11.8 Å². The molecule has 0 radical (unpaired) electrons. The lowest BCUT2D eigenvalue weighted by molar-refractivity contribution is -0.127. The van der Waals surface area contributed by atoms with Crippen LogP contribution in [0.2, 0.25) is 0 Å². The summed E-state index contributed by atoms with van der Waals surface area (Å²) in [6.07, 6.45) is -2.16. The van der Waals surface area contributed by atoms with Gasteiger partial charge >= 0.3 is 0 Å². The summed E-state index contributed by atoms with van der Waals surface area (Å²) in [6.45, 7) is 7.34. The lowest BCUT2D eigenvalue weighted by Gasteiger charge is -2.38. The summed E-state index contributed by atoms with van der Waals surface area (Å²) < 4.78 is 18.2. The molecule has 2 atom stereocenters. The van der Waals surface area contributed by atoms with Crippen LogP contribution in [0.1, 0.15) is 58.0 Å². The van der Waals surface area contributed by atoms with Gasteiger partial charge in [-0.15, -0.1) is 0 Å². The van der Waals surface area contributed by atoms with Crippen molar-refractivity contribution in [2.24, 2.45) is 0 Å². The van der Waals surface area contributed by atoms with Crippen LogP contribution in [0.4, 0.5) is 0 Å². The number of carbonyl (C=O) groups is 2. The molecule has 1 N–H and O–H groups in total. The molecule has 0 aliphatic carbocycles. The van der Waals surface area contributed by atoms with Crippen molar-refractivity contribution in [3.8, 4) is 0 Å². The van der Waals surface area contributed by atoms with E-state index in [1.807, 2.05) is 64.1 Å².